The predicted octanol–water partition coefficient (Wildman–Crippen LogP) is -2.01. The van der Waals surface area contributed by atoms with E-state index in [9.17, 15) is 29.4 Å². The quantitative estimate of drug-likeness (QED) is 0.0722. The summed E-state index contributed by atoms with van der Waals surface area (Å²) in [5.74, 6) is -4.05. The third kappa shape index (κ3) is 10.8. The number of nitrogens with two attached hydrogens (primary N) is 3. The van der Waals surface area contributed by atoms with Crippen LogP contribution in [0.5, 0.6) is 0 Å². The molecule has 0 aromatic carbocycles. The van der Waals surface area contributed by atoms with E-state index in [0.29, 0.717) is 12.8 Å². The molecule has 196 valence electrons. The van der Waals surface area contributed by atoms with Crippen molar-refractivity contribution in [1.29, 1.82) is 0 Å². The number of aliphatic imine (C=N–C) groups is 1. The Bertz CT molecular complexity index is 724. The molecule has 0 aliphatic heterocycles. The molecule has 0 spiro atoms. The number of carbonyl (C=O) groups is 4. The summed E-state index contributed by atoms with van der Waals surface area (Å²) in [6.07, 6.45) is -0.406. The molecule has 0 aromatic heterocycles. The molecule has 0 rings (SSSR count). The van der Waals surface area contributed by atoms with E-state index in [4.69, 9.17) is 17.2 Å². The molecular weight excluding hydrogens is 446 g/mol. The summed E-state index contributed by atoms with van der Waals surface area (Å²) in [5.41, 5.74) is 16.3. The Morgan fingerprint density at radius 1 is 0.912 bits per heavy atom. The van der Waals surface area contributed by atoms with E-state index < -0.39 is 54.0 Å². The van der Waals surface area contributed by atoms with Gasteiger partial charge in [0.1, 0.15) is 18.1 Å². The minimum atomic E-state index is -1.36. The Labute approximate surface area is 200 Å². The van der Waals surface area contributed by atoms with Crippen LogP contribution in [0, 0.1) is 11.8 Å². The minimum Gasteiger partial charge on any atom is -0.480 e. The van der Waals surface area contributed by atoms with Gasteiger partial charge in [-0.25, -0.2) is 4.79 Å². The molecule has 6 unspecified atom stereocenters. The van der Waals surface area contributed by atoms with Gasteiger partial charge in [0.25, 0.3) is 0 Å². The second-order valence-electron chi connectivity index (χ2n) is 8.72. The Morgan fingerprint density at radius 3 is 1.88 bits per heavy atom. The SMILES string of the molecule is CCC(C)C(NC(=O)C(NC(=O)C(N)C(C)C)C(C)O)C(=O)NC(CCCN=C(N)N)C(=O)O. The number of carbonyl (C=O) groups excluding carboxylic acids is 3. The number of aliphatic hydroxyl groups is 1. The van der Waals surface area contributed by atoms with Gasteiger partial charge >= 0.3 is 5.97 Å². The summed E-state index contributed by atoms with van der Waals surface area (Å²) >= 11 is 0. The van der Waals surface area contributed by atoms with Crippen molar-refractivity contribution in [3.05, 3.63) is 0 Å². The van der Waals surface area contributed by atoms with Crippen LogP contribution in [0.4, 0.5) is 0 Å². The highest BCUT2D eigenvalue weighted by Crippen LogP contribution is 2.11. The molecular formula is C21H41N7O6. The van der Waals surface area contributed by atoms with Crippen molar-refractivity contribution in [2.45, 2.75) is 84.2 Å². The second-order valence-corrected chi connectivity index (χ2v) is 8.72. The lowest BCUT2D eigenvalue weighted by Gasteiger charge is -2.29. The zero-order chi connectivity index (χ0) is 26.6. The first-order chi connectivity index (χ1) is 15.7. The number of carboxylic acid groups (broad SMARTS) is 1. The molecule has 0 radical (unpaired) electrons. The molecule has 34 heavy (non-hydrogen) atoms. The smallest absolute Gasteiger partial charge is 0.326 e. The van der Waals surface area contributed by atoms with E-state index in [1.807, 2.05) is 0 Å². The number of guanidine groups is 1. The summed E-state index contributed by atoms with van der Waals surface area (Å²) in [5, 5.41) is 26.9. The van der Waals surface area contributed by atoms with Crippen molar-refractivity contribution in [2.24, 2.45) is 34.0 Å². The van der Waals surface area contributed by atoms with E-state index in [0.717, 1.165) is 0 Å². The number of amides is 3. The third-order valence-corrected chi connectivity index (χ3v) is 5.44. The van der Waals surface area contributed by atoms with E-state index in [2.05, 4.69) is 20.9 Å². The van der Waals surface area contributed by atoms with E-state index in [-0.39, 0.29) is 30.8 Å². The molecule has 6 atom stereocenters. The molecule has 0 aliphatic rings. The number of aliphatic carboxylic acids is 1. The van der Waals surface area contributed by atoms with Crippen LogP contribution in [0.3, 0.4) is 0 Å². The number of rotatable bonds is 15. The first kappa shape index (κ1) is 31.1. The van der Waals surface area contributed by atoms with Gasteiger partial charge in [-0.15, -0.1) is 0 Å². The van der Waals surface area contributed by atoms with Crippen LogP contribution in [-0.4, -0.2) is 76.7 Å². The first-order valence-corrected chi connectivity index (χ1v) is 11.4. The lowest BCUT2D eigenvalue weighted by molar-refractivity contribution is -0.143. The molecule has 13 nitrogen and oxygen atoms in total. The Hall–Kier alpha value is -2.93. The predicted molar refractivity (Wildman–Crippen MR) is 127 cm³/mol. The average molecular weight is 488 g/mol. The summed E-state index contributed by atoms with van der Waals surface area (Å²) in [4.78, 5) is 53.5. The van der Waals surface area contributed by atoms with Gasteiger partial charge in [0.05, 0.1) is 12.1 Å². The van der Waals surface area contributed by atoms with E-state index in [1.165, 1.54) is 6.92 Å². The fourth-order valence-corrected chi connectivity index (χ4v) is 2.92. The summed E-state index contributed by atoms with van der Waals surface area (Å²) in [7, 11) is 0. The van der Waals surface area contributed by atoms with Crippen molar-refractivity contribution < 1.29 is 29.4 Å². The fraction of sp³-hybridized carbons (Fsp3) is 0.762. The normalized spacial score (nSPS) is 16.4. The van der Waals surface area contributed by atoms with Gasteiger partial charge in [-0.1, -0.05) is 34.1 Å². The largest absolute Gasteiger partial charge is 0.480 e. The molecule has 0 aromatic rings. The first-order valence-electron chi connectivity index (χ1n) is 11.4. The van der Waals surface area contributed by atoms with Gasteiger partial charge in [-0.05, 0) is 31.6 Å². The number of nitrogens with zero attached hydrogens (tertiary/aromatic N) is 1. The van der Waals surface area contributed by atoms with Crippen LogP contribution in [0.2, 0.25) is 0 Å². The number of hydrogen-bond acceptors (Lipinski definition) is 7. The van der Waals surface area contributed by atoms with Crippen molar-refractivity contribution in [3.8, 4) is 0 Å². The zero-order valence-corrected chi connectivity index (χ0v) is 20.6. The van der Waals surface area contributed by atoms with E-state index in [1.54, 1.807) is 27.7 Å². The third-order valence-electron chi connectivity index (χ3n) is 5.44. The molecule has 0 saturated carbocycles. The number of aliphatic hydroxyl groups excluding tert-OH is 1. The molecule has 0 aliphatic carbocycles. The van der Waals surface area contributed by atoms with Gasteiger partial charge in [0.15, 0.2) is 5.96 Å². The van der Waals surface area contributed by atoms with Gasteiger partial charge in [0, 0.05) is 6.54 Å². The maximum Gasteiger partial charge on any atom is 0.326 e. The number of hydrogen-bond donors (Lipinski definition) is 8. The van der Waals surface area contributed by atoms with Crippen LogP contribution >= 0.6 is 0 Å². The lowest BCUT2D eigenvalue weighted by atomic mass is 9.96. The highest BCUT2D eigenvalue weighted by atomic mass is 16.4. The number of nitrogens with one attached hydrogen (secondary N) is 3. The molecule has 0 fully saturated rings. The zero-order valence-electron chi connectivity index (χ0n) is 20.6. The molecule has 0 bridgehead atoms. The van der Waals surface area contributed by atoms with Crippen molar-refractivity contribution in [3.63, 3.8) is 0 Å². The topological polar surface area (TPSA) is 235 Å². The molecule has 13 heteroatoms. The summed E-state index contributed by atoms with van der Waals surface area (Å²) in [6, 6.07) is -4.57. The van der Waals surface area contributed by atoms with E-state index >= 15 is 0 Å². The molecule has 0 saturated heterocycles. The second kappa shape index (κ2) is 15.1. The molecule has 11 N–H and O–H groups in total. The summed E-state index contributed by atoms with van der Waals surface area (Å²) < 4.78 is 0. The van der Waals surface area contributed by atoms with Crippen molar-refractivity contribution >= 4 is 29.7 Å². The van der Waals surface area contributed by atoms with Crippen LogP contribution in [-0.2, 0) is 19.2 Å². The standard InChI is InChI=1S/C21H41N7O6/c1-6-11(4)15(18(31)26-13(20(33)34)8-7-9-25-21(23)24)27-19(32)16(12(5)29)28-17(30)14(22)10(2)3/h10-16,29H,6-9,22H2,1-5H3,(H,26,31)(H,27,32)(H,28,30)(H,33,34)(H4,23,24,25). The average Bonchev–Trinajstić information content (AvgIpc) is 2.75. The van der Waals surface area contributed by atoms with Crippen molar-refractivity contribution in [1.82, 2.24) is 16.0 Å². The van der Waals surface area contributed by atoms with Gasteiger partial charge in [-0.3, -0.25) is 19.4 Å². The fourth-order valence-electron chi connectivity index (χ4n) is 2.92. The Balaban J connectivity index is 5.45. The summed E-state index contributed by atoms with van der Waals surface area (Å²) in [6.45, 7) is 8.51. The lowest BCUT2D eigenvalue weighted by Crippen LogP contribution is -2.61. The minimum absolute atomic E-state index is 0.0679. The van der Waals surface area contributed by atoms with Crippen molar-refractivity contribution in [2.75, 3.05) is 6.54 Å². The van der Waals surface area contributed by atoms with Crippen LogP contribution in [0.1, 0.15) is 53.9 Å². The highest BCUT2D eigenvalue weighted by Gasteiger charge is 2.34. The Morgan fingerprint density at radius 2 is 1.44 bits per heavy atom. The molecule has 3 amide bonds. The maximum absolute atomic E-state index is 12.9. The van der Waals surface area contributed by atoms with Crippen LogP contribution in [0.15, 0.2) is 4.99 Å². The van der Waals surface area contributed by atoms with Crippen LogP contribution < -0.4 is 33.2 Å². The Kier molecular flexibility index (Phi) is 13.8. The van der Waals surface area contributed by atoms with Gasteiger partial charge < -0.3 is 43.4 Å². The van der Waals surface area contributed by atoms with Gasteiger partial charge in [0.2, 0.25) is 17.7 Å². The highest BCUT2D eigenvalue weighted by molar-refractivity contribution is 5.94. The monoisotopic (exact) mass is 487 g/mol. The number of carboxylic acids is 1. The molecule has 0 heterocycles. The van der Waals surface area contributed by atoms with Crippen LogP contribution in [0.25, 0.3) is 0 Å². The maximum atomic E-state index is 12.9. The van der Waals surface area contributed by atoms with Gasteiger partial charge in [-0.2, -0.15) is 0 Å².